The minimum Gasteiger partial charge on any atom is -0.456 e. The summed E-state index contributed by atoms with van der Waals surface area (Å²) < 4.78 is 20.8. The zero-order valence-corrected chi connectivity index (χ0v) is 55.4. The van der Waals surface area contributed by atoms with E-state index < -0.39 is 18.3 Å². The average Bonchev–Trinajstić information content (AvgIpc) is 1.39. The largest absolute Gasteiger partial charge is 0.494 e. The lowest BCUT2D eigenvalue weighted by atomic mass is 9.78. The van der Waals surface area contributed by atoms with Gasteiger partial charge in [0.2, 0.25) is 0 Å². The summed E-state index contributed by atoms with van der Waals surface area (Å²) in [4.78, 5) is 33.6. The van der Waals surface area contributed by atoms with Gasteiger partial charge in [-0.2, -0.15) is 0 Å². The third kappa shape index (κ3) is 11.6. The summed E-state index contributed by atoms with van der Waals surface area (Å²) in [6.45, 7) is 6.41. The second-order valence-corrected chi connectivity index (χ2v) is 26.1. The molecule has 1 unspecified atom stereocenters. The van der Waals surface area contributed by atoms with E-state index in [1.54, 1.807) is 0 Å². The predicted octanol–water partition coefficient (Wildman–Crippen LogP) is 21.5. The normalized spacial score (nSPS) is 14.2. The molecule has 0 amide bonds. The first kappa shape index (κ1) is 61.3. The number of benzene rings is 12. The minimum atomic E-state index is -0.771. The topological polar surface area (TPSA) is 109 Å². The van der Waals surface area contributed by atoms with Crippen LogP contribution < -0.4 is 5.46 Å². The van der Waals surface area contributed by atoms with E-state index in [2.05, 4.69) is 215 Å². The van der Waals surface area contributed by atoms with E-state index in [0.717, 1.165) is 157 Å². The summed E-state index contributed by atoms with van der Waals surface area (Å²) in [5, 5.41) is 2.09. The molecule has 12 aromatic carbocycles. The molecule has 1 aliphatic rings. The molecule has 10 heteroatoms. The Balaban J connectivity index is 0.746. The molecular formula is C90H65BN6O3. The Hall–Kier alpha value is -12.3. The van der Waals surface area contributed by atoms with Crippen LogP contribution in [0.25, 0.3) is 157 Å². The maximum absolute atomic E-state index is 7.20. The molecule has 16 aromatic rings. The van der Waals surface area contributed by atoms with Crippen LogP contribution in [-0.2, 0) is 15.7 Å². The summed E-state index contributed by atoms with van der Waals surface area (Å²) in [6.07, 6.45) is 0.540. The molecule has 17 rings (SSSR count). The van der Waals surface area contributed by atoms with Gasteiger partial charge in [-0.1, -0.05) is 303 Å². The van der Waals surface area contributed by atoms with E-state index in [1.807, 2.05) is 133 Å². The number of fused-ring (bicyclic) bond motifs is 3. The highest BCUT2D eigenvalue weighted by Crippen LogP contribution is 2.45. The zero-order chi connectivity index (χ0) is 67.2. The van der Waals surface area contributed by atoms with Crippen molar-refractivity contribution >= 4 is 34.5 Å². The molecule has 5 heterocycles. The molecule has 0 aliphatic carbocycles. The standard InChI is InChI=1S/C90H65BN6O3/c1-89(2)90(3,100-91(99-89)72-53-50-69(51-54-72)85-82(65-39-21-9-22-40-65)93-78(61-31-13-5-14-32-61)80(95-85)63-35-17-7-18-36-63)58-59-28-27-43-70(56-59)87-83(66-41-23-10-24-42-66)96-88(71-52-55-74-73-44-25-26-45-75(73)98-76(74)57-71)86(97-87)68-48-46-67(47-49-68)84-81(64-37-19-8-20-38-64)92-77(60-29-11-4-12-30-60)79(94-84)62-33-15-6-16-34-62/h4-57H,58H2,1-3H3. The molecule has 1 atom stereocenters. The molecule has 4 aromatic heterocycles. The number of furan rings is 1. The van der Waals surface area contributed by atoms with Crippen LogP contribution in [0.5, 0.6) is 0 Å². The van der Waals surface area contributed by atoms with Gasteiger partial charge in [-0.25, -0.2) is 29.9 Å². The molecule has 0 saturated carbocycles. The molecule has 9 nitrogen and oxygen atoms in total. The smallest absolute Gasteiger partial charge is 0.456 e. The van der Waals surface area contributed by atoms with Crippen molar-refractivity contribution < 1.29 is 13.7 Å². The second kappa shape index (κ2) is 25.9. The van der Waals surface area contributed by atoms with E-state index in [-0.39, 0.29) is 0 Å². The van der Waals surface area contributed by atoms with Crippen LogP contribution in [0.2, 0.25) is 0 Å². The van der Waals surface area contributed by atoms with Gasteiger partial charge in [-0.15, -0.1) is 0 Å². The summed E-state index contributed by atoms with van der Waals surface area (Å²) in [7, 11) is -0.649. The van der Waals surface area contributed by atoms with Crippen LogP contribution >= 0.6 is 0 Å². The molecule has 100 heavy (non-hydrogen) atoms. The van der Waals surface area contributed by atoms with Crippen LogP contribution in [0.1, 0.15) is 26.3 Å². The highest BCUT2D eigenvalue weighted by atomic mass is 16.7. The highest BCUT2D eigenvalue weighted by molar-refractivity contribution is 6.62. The molecule has 0 spiro atoms. The van der Waals surface area contributed by atoms with Crippen LogP contribution in [0.3, 0.4) is 0 Å². The monoisotopic (exact) mass is 1290 g/mol. The summed E-state index contributed by atoms with van der Waals surface area (Å²) in [5.74, 6) is 0. The third-order valence-electron chi connectivity index (χ3n) is 19.3. The molecule has 1 aliphatic heterocycles. The molecule has 0 bridgehead atoms. The van der Waals surface area contributed by atoms with Gasteiger partial charge in [0.15, 0.2) is 0 Å². The molecular weight excluding hydrogens is 1220 g/mol. The second-order valence-electron chi connectivity index (χ2n) is 26.1. The van der Waals surface area contributed by atoms with Crippen LogP contribution in [-0.4, -0.2) is 48.2 Å². The Bertz CT molecular complexity index is 5650. The van der Waals surface area contributed by atoms with Crippen molar-refractivity contribution in [2.24, 2.45) is 0 Å². The Morgan fingerprint density at radius 1 is 0.250 bits per heavy atom. The number of hydrogen-bond donors (Lipinski definition) is 0. The fraction of sp³-hybridized carbons (Fsp3) is 0.0667. The first-order chi connectivity index (χ1) is 49.1. The minimum absolute atomic E-state index is 0.540. The fourth-order valence-corrected chi connectivity index (χ4v) is 13.8. The maximum Gasteiger partial charge on any atom is 0.494 e. The average molecular weight is 1290 g/mol. The van der Waals surface area contributed by atoms with Gasteiger partial charge in [-0.3, -0.25) is 0 Å². The molecule has 0 radical (unpaired) electrons. The first-order valence-electron chi connectivity index (χ1n) is 33.9. The fourth-order valence-electron chi connectivity index (χ4n) is 13.8. The van der Waals surface area contributed by atoms with Crippen LogP contribution in [0, 0.1) is 0 Å². The van der Waals surface area contributed by atoms with Gasteiger partial charge < -0.3 is 13.7 Å². The number of para-hydroxylation sites is 1. The van der Waals surface area contributed by atoms with Gasteiger partial charge in [0.25, 0.3) is 0 Å². The predicted molar refractivity (Wildman–Crippen MR) is 406 cm³/mol. The summed E-state index contributed by atoms with van der Waals surface area (Å²) in [5.41, 5.74) is 22.6. The summed E-state index contributed by atoms with van der Waals surface area (Å²) in [6, 6.07) is 112. The lowest BCUT2D eigenvalue weighted by molar-refractivity contribution is -0.00876. The van der Waals surface area contributed by atoms with Crippen LogP contribution in [0.4, 0.5) is 0 Å². The van der Waals surface area contributed by atoms with E-state index >= 15 is 0 Å². The van der Waals surface area contributed by atoms with Gasteiger partial charge in [0.05, 0.1) is 79.5 Å². The number of aromatic nitrogens is 6. The SMILES string of the molecule is CC1(C)OB(c2ccc(-c3nc(-c4ccccc4)c(-c4ccccc4)nc3-c3ccccc3)cc2)OC1(C)Cc1cccc(-c2nc(-c3ccc(-c4nc(-c5ccccc5)c(-c5ccccc5)nc4-c4ccccc4)cc3)c(-c3ccc4c(c3)oc3ccccc34)nc2-c2ccccc2)c1. The van der Waals surface area contributed by atoms with Crippen molar-refractivity contribution in [2.45, 2.75) is 38.4 Å². The quantitative estimate of drug-likeness (QED) is 0.0927. The van der Waals surface area contributed by atoms with E-state index in [9.17, 15) is 0 Å². The van der Waals surface area contributed by atoms with Crippen molar-refractivity contribution in [1.82, 2.24) is 29.9 Å². The summed E-state index contributed by atoms with van der Waals surface area (Å²) >= 11 is 0. The van der Waals surface area contributed by atoms with E-state index in [1.165, 1.54) is 0 Å². The van der Waals surface area contributed by atoms with Gasteiger partial charge in [-0.05, 0) is 56.1 Å². The number of hydrogen-bond acceptors (Lipinski definition) is 9. The van der Waals surface area contributed by atoms with E-state index in [4.69, 9.17) is 43.6 Å². The zero-order valence-electron chi connectivity index (χ0n) is 55.4. The Morgan fingerprint density at radius 3 is 0.900 bits per heavy atom. The molecule has 1 saturated heterocycles. The van der Waals surface area contributed by atoms with Gasteiger partial charge in [0.1, 0.15) is 11.2 Å². The maximum atomic E-state index is 7.20. The Kier molecular flexibility index (Phi) is 15.9. The molecule has 0 N–H and O–H groups in total. The van der Waals surface area contributed by atoms with Gasteiger partial charge >= 0.3 is 7.12 Å². The van der Waals surface area contributed by atoms with Gasteiger partial charge in [0, 0.05) is 84.0 Å². The van der Waals surface area contributed by atoms with Crippen molar-refractivity contribution in [3.8, 4) is 135 Å². The van der Waals surface area contributed by atoms with Crippen molar-refractivity contribution in [3.63, 3.8) is 0 Å². The third-order valence-corrected chi connectivity index (χ3v) is 19.3. The highest BCUT2D eigenvalue weighted by Gasteiger charge is 2.54. The Labute approximate surface area is 581 Å². The van der Waals surface area contributed by atoms with Crippen molar-refractivity contribution in [1.29, 1.82) is 0 Å². The molecule has 1 fully saturated rings. The lowest BCUT2D eigenvalue weighted by Crippen LogP contribution is -2.46. The van der Waals surface area contributed by atoms with Crippen molar-refractivity contribution in [2.75, 3.05) is 0 Å². The Morgan fingerprint density at radius 2 is 0.530 bits per heavy atom. The van der Waals surface area contributed by atoms with Crippen molar-refractivity contribution in [3.05, 3.63) is 333 Å². The number of nitrogens with zero attached hydrogens (tertiary/aromatic N) is 6. The number of rotatable bonds is 15. The lowest BCUT2D eigenvalue weighted by Gasteiger charge is -2.36. The first-order valence-corrected chi connectivity index (χ1v) is 33.9. The van der Waals surface area contributed by atoms with Crippen LogP contribution in [0.15, 0.2) is 332 Å². The molecule has 476 valence electrons. The van der Waals surface area contributed by atoms with E-state index in [0.29, 0.717) is 17.8 Å².